The summed E-state index contributed by atoms with van der Waals surface area (Å²) < 4.78 is 23.3. The van der Waals surface area contributed by atoms with Crippen LogP contribution >= 0.6 is 0 Å². The molecular formula is C41H43NO6. The largest absolute Gasteiger partial charge is 0.497 e. The van der Waals surface area contributed by atoms with E-state index in [4.69, 9.17) is 18.9 Å². The van der Waals surface area contributed by atoms with Gasteiger partial charge in [-0.15, -0.1) is 0 Å². The second-order valence-electron chi connectivity index (χ2n) is 11.7. The first kappa shape index (κ1) is 34.2. The standard InChI is InChI=1S/C41H43NO6/c1-30(44)41(48-38-22-23-40(35(26-38)28-43)47-29-32-12-8-5-9-13-32)42(27-31-10-6-4-7-11-31)25-24-39(33-14-18-36(45-2)19-15-33)34-16-20-37(46-3)21-17-34/h4-23,26,28,30,39,41,44H,24-25,27,29H2,1-3H3. The van der Waals surface area contributed by atoms with E-state index in [1.54, 1.807) is 39.3 Å². The zero-order chi connectivity index (χ0) is 33.7. The van der Waals surface area contributed by atoms with E-state index in [0.717, 1.165) is 46.5 Å². The molecule has 0 spiro atoms. The van der Waals surface area contributed by atoms with Crippen LogP contribution in [0.4, 0.5) is 0 Å². The van der Waals surface area contributed by atoms with Gasteiger partial charge in [-0.25, -0.2) is 0 Å². The third kappa shape index (κ3) is 9.25. The van der Waals surface area contributed by atoms with Crippen molar-refractivity contribution in [2.75, 3.05) is 20.8 Å². The average Bonchev–Trinajstić information content (AvgIpc) is 3.14. The van der Waals surface area contributed by atoms with Gasteiger partial charge in [-0.05, 0) is 78.1 Å². The first-order chi connectivity index (χ1) is 23.5. The predicted octanol–water partition coefficient (Wildman–Crippen LogP) is 7.91. The molecule has 5 aromatic rings. The highest BCUT2D eigenvalue weighted by Crippen LogP contribution is 2.32. The number of aldehydes is 1. The molecule has 0 aliphatic rings. The van der Waals surface area contributed by atoms with Gasteiger partial charge in [-0.1, -0.05) is 84.9 Å². The molecule has 248 valence electrons. The second-order valence-corrected chi connectivity index (χ2v) is 11.7. The molecule has 0 saturated heterocycles. The summed E-state index contributed by atoms with van der Waals surface area (Å²) in [4.78, 5) is 14.3. The Hall–Kier alpha value is -5.11. The van der Waals surface area contributed by atoms with Crippen molar-refractivity contribution in [3.05, 3.63) is 155 Å². The van der Waals surface area contributed by atoms with Gasteiger partial charge >= 0.3 is 0 Å². The third-order valence-corrected chi connectivity index (χ3v) is 8.34. The van der Waals surface area contributed by atoms with E-state index in [0.29, 0.717) is 36.8 Å². The number of hydrogen-bond acceptors (Lipinski definition) is 7. The minimum Gasteiger partial charge on any atom is -0.497 e. The van der Waals surface area contributed by atoms with Crippen molar-refractivity contribution in [2.24, 2.45) is 0 Å². The summed E-state index contributed by atoms with van der Waals surface area (Å²) in [6.45, 7) is 3.22. The topological polar surface area (TPSA) is 77.5 Å². The third-order valence-electron chi connectivity index (χ3n) is 8.34. The van der Waals surface area contributed by atoms with Crippen LogP contribution in [0.2, 0.25) is 0 Å². The first-order valence-electron chi connectivity index (χ1n) is 16.1. The highest BCUT2D eigenvalue weighted by Gasteiger charge is 2.27. The number of aliphatic hydroxyl groups excluding tert-OH is 1. The molecule has 0 heterocycles. The highest BCUT2D eigenvalue weighted by molar-refractivity contribution is 5.80. The molecule has 5 aromatic carbocycles. The second kappa shape index (κ2) is 17.2. The van der Waals surface area contributed by atoms with Gasteiger partial charge in [0.2, 0.25) is 0 Å². The van der Waals surface area contributed by atoms with Crippen LogP contribution in [0.5, 0.6) is 23.0 Å². The lowest BCUT2D eigenvalue weighted by Gasteiger charge is -2.35. The van der Waals surface area contributed by atoms with Crippen molar-refractivity contribution in [1.29, 1.82) is 0 Å². The molecule has 0 radical (unpaired) electrons. The zero-order valence-electron chi connectivity index (χ0n) is 27.7. The number of aliphatic hydroxyl groups is 1. The summed E-state index contributed by atoms with van der Waals surface area (Å²) in [6.07, 6.45) is -0.0409. The van der Waals surface area contributed by atoms with Crippen LogP contribution in [0.1, 0.15) is 51.9 Å². The fourth-order valence-corrected chi connectivity index (χ4v) is 5.78. The molecule has 0 aromatic heterocycles. The molecule has 2 atom stereocenters. The number of benzene rings is 5. The minimum absolute atomic E-state index is 0.0532. The fourth-order valence-electron chi connectivity index (χ4n) is 5.78. The molecule has 0 amide bonds. The Labute approximate surface area is 283 Å². The van der Waals surface area contributed by atoms with E-state index < -0.39 is 12.3 Å². The molecule has 0 aliphatic heterocycles. The van der Waals surface area contributed by atoms with Crippen molar-refractivity contribution < 1.29 is 28.8 Å². The average molecular weight is 646 g/mol. The summed E-state index contributed by atoms with van der Waals surface area (Å²) in [5.41, 5.74) is 4.77. The normalized spacial score (nSPS) is 12.4. The van der Waals surface area contributed by atoms with Crippen molar-refractivity contribution in [3.8, 4) is 23.0 Å². The van der Waals surface area contributed by atoms with Crippen LogP contribution in [0.25, 0.3) is 0 Å². The van der Waals surface area contributed by atoms with E-state index in [9.17, 15) is 9.90 Å². The van der Waals surface area contributed by atoms with E-state index in [1.807, 2.05) is 72.8 Å². The maximum Gasteiger partial charge on any atom is 0.178 e. The van der Waals surface area contributed by atoms with Gasteiger partial charge in [0, 0.05) is 19.0 Å². The van der Waals surface area contributed by atoms with Crippen molar-refractivity contribution >= 4 is 6.29 Å². The lowest BCUT2D eigenvalue weighted by molar-refractivity contribution is -0.0634. The molecular weight excluding hydrogens is 602 g/mol. The van der Waals surface area contributed by atoms with Crippen LogP contribution < -0.4 is 18.9 Å². The lowest BCUT2D eigenvalue weighted by atomic mass is 9.88. The summed E-state index contributed by atoms with van der Waals surface area (Å²) in [6, 6.07) is 41.4. The minimum atomic E-state index is -0.845. The van der Waals surface area contributed by atoms with Gasteiger partial charge in [0.05, 0.1) is 19.8 Å². The summed E-state index contributed by atoms with van der Waals surface area (Å²) in [5, 5.41) is 11.1. The molecule has 2 unspecified atom stereocenters. The van der Waals surface area contributed by atoms with E-state index in [2.05, 4.69) is 41.3 Å². The van der Waals surface area contributed by atoms with E-state index in [1.165, 1.54) is 0 Å². The summed E-state index contributed by atoms with van der Waals surface area (Å²) in [7, 11) is 3.33. The van der Waals surface area contributed by atoms with Crippen molar-refractivity contribution in [2.45, 2.75) is 44.7 Å². The van der Waals surface area contributed by atoms with E-state index >= 15 is 0 Å². The lowest BCUT2D eigenvalue weighted by Crippen LogP contribution is -2.47. The number of ether oxygens (including phenoxy) is 4. The Morgan fingerprint density at radius 2 is 1.25 bits per heavy atom. The SMILES string of the molecule is COc1ccc(C(CCN(Cc2ccccc2)C(Oc2ccc(OCc3ccccc3)c(C=O)c2)C(C)O)c2ccc(OC)cc2)cc1. The maximum absolute atomic E-state index is 12.1. The Kier molecular flexibility index (Phi) is 12.2. The molecule has 7 nitrogen and oxygen atoms in total. The van der Waals surface area contributed by atoms with Crippen LogP contribution in [0, 0.1) is 0 Å². The van der Waals surface area contributed by atoms with Crippen molar-refractivity contribution in [3.63, 3.8) is 0 Å². The van der Waals surface area contributed by atoms with Crippen LogP contribution in [0.3, 0.4) is 0 Å². The van der Waals surface area contributed by atoms with Gasteiger partial charge in [-0.2, -0.15) is 0 Å². The Bertz CT molecular complexity index is 1640. The summed E-state index contributed by atoms with van der Waals surface area (Å²) >= 11 is 0. The predicted molar refractivity (Wildman–Crippen MR) is 188 cm³/mol. The molecule has 1 N–H and O–H groups in total. The van der Waals surface area contributed by atoms with Gasteiger partial charge in [0.1, 0.15) is 35.7 Å². The Morgan fingerprint density at radius 3 is 1.77 bits per heavy atom. The molecule has 0 fully saturated rings. The number of methoxy groups -OCH3 is 2. The monoisotopic (exact) mass is 645 g/mol. The number of carbonyl (C=O) groups is 1. The molecule has 0 bridgehead atoms. The molecule has 7 heteroatoms. The van der Waals surface area contributed by atoms with Gasteiger partial charge in [0.15, 0.2) is 12.5 Å². The molecule has 0 aliphatic carbocycles. The Balaban J connectivity index is 1.41. The zero-order valence-corrected chi connectivity index (χ0v) is 27.7. The number of nitrogens with zero attached hydrogens (tertiary/aromatic N) is 1. The Morgan fingerprint density at radius 1 is 0.708 bits per heavy atom. The van der Waals surface area contributed by atoms with Crippen LogP contribution in [-0.2, 0) is 13.2 Å². The molecule has 48 heavy (non-hydrogen) atoms. The summed E-state index contributed by atoms with van der Waals surface area (Å²) in [5.74, 6) is 2.59. The number of rotatable bonds is 17. The van der Waals surface area contributed by atoms with Crippen molar-refractivity contribution in [1.82, 2.24) is 4.90 Å². The number of hydrogen-bond donors (Lipinski definition) is 1. The fraction of sp³-hybridized carbons (Fsp3) is 0.244. The van der Waals surface area contributed by atoms with Crippen LogP contribution in [0.15, 0.2) is 127 Å². The van der Waals surface area contributed by atoms with Gasteiger partial charge < -0.3 is 24.1 Å². The first-order valence-corrected chi connectivity index (χ1v) is 16.1. The number of carbonyl (C=O) groups excluding carboxylic acids is 1. The van der Waals surface area contributed by atoms with E-state index in [-0.39, 0.29) is 5.92 Å². The van der Waals surface area contributed by atoms with Gasteiger partial charge in [-0.3, -0.25) is 9.69 Å². The quantitative estimate of drug-likeness (QED) is 0.0814. The molecule has 5 rings (SSSR count). The highest BCUT2D eigenvalue weighted by atomic mass is 16.5. The van der Waals surface area contributed by atoms with Gasteiger partial charge in [0.25, 0.3) is 0 Å². The molecule has 0 saturated carbocycles. The van der Waals surface area contributed by atoms with Crippen LogP contribution in [-0.4, -0.2) is 49.4 Å². The maximum atomic E-state index is 12.1. The smallest absolute Gasteiger partial charge is 0.178 e.